The van der Waals surface area contributed by atoms with Gasteiger partial charge in [0.25, 0.3) is 0 Å². The molecule has 378 valence electrons. The Labute approximate surface area is 398 Å². The number of likely N-dealkylation sites (N-methyl/N-ethyl adjacent to an activating group) is 2. The van der Waals surface area contributed by atoms with Crippen molar-refractivity contribution in [3.63, 3.8) is 0 Å². The fourth-order valence-corrected chi connectivity index (χ4v) is 8.97. The first-order valence-corrected chi connectivity index (χ1v) is 23.5. The molecule has 1 aliphatic heterocycles. The van der Waals surface area contributed by atoms with Gasteiger partial charge in [-0.25, -0.2) is 4.79 Å². The number of hydrogen-bond acceptors (Lipinski definition) is 12. The highest BCUT2D eigenvalue weighted by Crippen LogP contribution is 2.30. The van der Waals surface area contributed by atoms with E-state index in [-0.39, 0.29) is 67.5 Å². The molecule has 18 nitrogen and oxygen atoms in total. The standard InChI is InChI=1S/C49H80N6O12/c1-14-32(7)44(53(11)48(63)42(30(3)4)51-47(62)43(31(5)6)52(10)33(8)15-2)38(65-12)27-39(56)55-23-19-22-37(55)45(66-13)34(9)46(61)50-36(26-35-20-17-16-18-21-35)49(64)67-25-24-54(28-40(57)58)29-41(59)60/h15-18,20-21,30-34,36-38,42-45H,2,14,19,22-29H2,1,3-13H3,(H,50,61)(H,51,62)(H,57,58)(H,59,60)/t32?,33?,34?,36-,37?,38?,42-,43?,44?,45?/m0/s1. The number of carboxylic acid groups (broad SMARTS) is 2. The molecule has 8 unspecified atom stereocenters. The molecule has 1 aliphatic rings. The number of carboxylic acids is 2. The van der Waals surface area contributed by atoms with Gasteiger partial charge in [-0.2, -0.15) is 0 Å². The summed E-state index contributed by atoms with van der Waals surface area (Å²) in [6.45, 7) is 18.0. The molecule has 10 atom stereocenters. The Morgan fingerprint density at radius 3 is 2.00 bits per heavy atom. The van der Waals surface area contributed by atoms with E-state index in [9.17, 15) is 43.8 Å². The number of nitrogens with one attached hydrogen (secondary N) is 2. The third kappa shape index (κ3) is 17.3. The average molecular weight is 945 g/mol. The molecule has 67 heavy (non-hydrogen) atoms. The van der Waals surface area contributed by atoms with Crippen LogP contribution in [0.2, 0.25) is 0 Å². The Balaban J connectivity index is 2.32. The lowest BCUT2D eigenvalue weighted by Crippen LogP contribution is -2.60. The Kier molecular flexibility index (Phi) is 24.7. The van der Waals surface area contributed by atoms with Crippen LogP contribution in [-0.4, -0.2) is 181 Å². The van der Waals surface area contributed by atoms with Crippen LogP contribution >= 0.6 is 0 Å². The van der Waals surface area contributed by atoms with Crippen LogP contribution in [0.1, 0.15) is 86.6 Å². The molecular weight excluding hydrogens is 865 g/mol. The summed E-state index contributed by atoms with van der Waals surface area (Å²) in [4.78, 5) is 99.3. The van der Waals surface area contributed by atoms with Gasteiger partial charge in [0.15, 0.2) is 0 Å². The third-order valence-electron chi connectivity index (χ3n) is 13.1. The Morgan fingerprint density at radius 2 is 1.49 bits per heavy atom. The number of esters is 1. The summed E-state index contributed by atoms with van der Waals surface area (Å²) in [6, 6.07) is 5.31. The summed E-state index contributed by atoms with van der Waals surface area (Å²) < 4.78 is 17.5. The van der Waals surface area contributed by atoms with E-state index in [2.05, 4.69) is 17.2 Å². The molecule has 0 bridgehead atoms. The van der Waals surface area contributed by atoms with E-state index < -0.39 is 85.2 Å². The topological polar surface area (TPSA) is 225 Å². The largest absolute Gasteiger partial charge is 0.480 e. The lowest BCUT2D eigenvalue weighted by atomic mass is 9.89. The molecule has 1 saturated heterocycles. The maximum atomic E-state index is 14.5. The van der Waals surface area contributed by atoms with E-state index in [0.29, 0.717) is 25.8 Å². The van der Waals surface area contributed by atoms with E-state index in [1.54, 1.807) is 54.1 Å². The molecule has 0 aromatic heterocycles. The van der Waals surface area contributed by atoms with Crippen LogP contribution < -0.4 is 10.6 Å². The molecule has 1 aromatic carbocycles. The molecule has 0 saturated carbocycles. The number of likely N-dealkylation sites (tertiary alicyclic amines) is 1. The fourth-order valence-electron chi connectivity index (χ4n) is 8.97. The minimum atomic E-state index is -1.24. The van der Waals surface area contributed by atoms with Crippen molar-refractivity contribution in [3.8, 4) is 0 Å². The summed E-state index contributed by atoms with van der Waals surface area (Å²) in [7, 11) is 6.54. The lowest BCUT2D eigenvalue weighted by molar-refractivity contribution is -0.150. The fraction of sp³-hybridized carbons (Fsp3) is 0.694. The van der Waals surface area contributed by atoms with Crippen LogP contribution in [0.25, 0.3) is 0 Å². The van der Waals surface area contributed by atoms with Gasteiger partial charge in [0.1, 0.15) is 18.7 Å². The van der Waals surface area contributed by atoms with Gasteiger partial charge in [0.05, 0.1) is 55.8 Å². The first-order valence-electron chi connectivity index (χ1n) is 23.5. The van der Waals surface area contributed by atoms with Gasteiger partial charge in [0.2, 0.25) is 23.6 Å². The van der Waals surface area contributed by atoms with Crippen molar-refractivity contribution in [2.45, 2.75) is 136 Å². The zero-order valence-electron chi connectivity index (χ0n) is 41.9. The molecular formula is C49H80N6O12. The minimum Gasteiger partial charge on any atom is -0.480 e. The second-order valence-electron chi connectivity index (χ2n) is 18.6. The van der Waals surface area contributed by atoms with E-state index >= 15 is 0 Å². The van der Waals surface area contributed by atoms with Crippen molar-refractivity contribution < 1.29 is 58.0 Å². The number of rotatable bonds is 30. The summed E-state index contributed by atoms with van der Waals surface area (Å²) in [5.41, 5.74) is 0.730. The van der Waals surface area contributed by atoms with Crippen LogP contribution in [0.5, 0.6) is 0 Å². The maximum absolute atomic E-state index is 14.5. The predicted octanol–water partition coefficient (Wildman–Crippen LogP) is 3.32. The van der Waals surface area contributed by atoms with Crippen LogP contribution in [-0.2, 0) is 54.2 Å². The molecule has 2 rings (SSSR count). The molecule has 0 radical (unpaired) electrons. The lowest BCUT2D eigenvalue weighted by Gasteiger charge is -2.41. The van der Waals surface area contributed by atoms with Gasteiger partial charge in [0, 0.05) is 46.8 Å². The number of benzene rings is 1. The van der Waals surface area contributed by atoms with Gasteiger partial charge in [-0.1, -0.05) is 91.3 Å². The third-order valence-corrected chi connectivity index (χ3v) is 13.1. The molecule has 0 spiro atoms. The molecule has 4 N–H and O–H groups in total. The van der Waals surface area contributed by atoms with Crippen LogP contribution in [0.3, 0.4) is 0 Å². The van der Waals surface area contributed by atoms with E-state index in [1.807, 2.05) is 66.5 Å². The van der Waals surface area contributed by atoms with Crippen molar-refractivity contribution in [2.24, 2.45) is 23.7 Å². The number of carbonyl (C=O) groups excluding carboxylic acids is 5. The summed E-state index contributed by atoms with van der Waals surface area (Å²) in [6.07, 6.45) is 2.12. The first kappa shape index (κ1) is 58.2. The van der Waals surface area contributed by atoms with Crippen LogP contribution in [0, 0.1) is 23.7 Å². The highest BCUT2D eigenvalue weighted by atomic mass is 16.5. The Bertz CT molecular complexity index is 1770. The monoisotopic (exact) mass is 945 g/mol. The summed E-state index contributed by atoms with van der Waals surface area (Å²) in [5, 5.41) is 24.3. The zero-order chi connectivity index (χ0) is 50.7. The quantitative estimate of drug-likeness (QED) is 0.0642. The minimum absolute atomic E-state index is 0.0506. The second kappa shape index (κ2) is 28.4. The van der Waals surface area contributed by atoms with Gasteiger partial charge in [-0.3, -0.25) is 38.6 Å². The number of amides is 4. The van der Waals surface area contributed by atoms with E-state index in [0.717, 1.165) is 10.5 Å². The van der Waals surface area contributed by atoms with Gasteiger partial charge in [-0.05, 0) is 50.1 Å². The Hall–Kier alpha value is -4.91. The van der Waals surface area contributed by atoms with Crippen molar-refractivity contribution in [1.82, 2.24) is 30.2 Å². The number of hydrogen-bond donors (Lipinski definition) is 4. The number of nitrogens with zero attached hydrogens (tertiary/aromatic N) is 4. The maximum Gasteiger partial charge on any atom is 0.329 e. The predicted molar refractivity (Wildman–Crippen MR) is 254 cm³/mol. The number of methoxy groups -OCH3 is 2. The molecule has 18 heteroatoms. The van der Waals surface area contributed by atoms with Gasteiger partial charge >= 0.3 is 17.9 Å². The van der Waals surface area contributed by atoms with Crippen molar-refractivity contribution in [2.75, 3.05) is 61.1 Å². The molecule has 1 aromatic rings. The van der Waals surface area contributed by atoms with E-state index in [1.165, 1.54) is 14.2 Å². The van der Waals surface area contributed by atoms with Crippen molar-refractivity contribution in [1.29, 1.82) is 0 Å². The number of carbonyl (C=O) groups is 7. The van der Waals surface area contributed by atoms with E-state index in [4.69, 9.17) is 14.2 Å². The molecule has 1 fully saturated rings. The number of aliphatic carboxylic acids is 2. The summed E-state index contributed by atoms with van der Waals surface area (Å²) in [5.74, 6) is -5.86. The SMILES string of the molecule is C=CC(C)N(C)C(C(=O)N[C@H](C(=O)N(C)C(C(C)CC)C(CC(=O)N1CCCC1C(OC)C(C)C(=O)N[C@@H](Cc1ccccc1)C(=O)OCCN(CC(=O)O)CC(=O)O)OC)C(C)C)C(C)C. The first-order chi connectivity index (χ1) is 31.5. The molecule has 1 heterocycles. The highest BCUT2D eigenvalue weighted by Gasteiger charge is 2.44. The molecule has 4 amide bonds. The zero-order valence-corrected chi connectivity index (χ0v) is 41.9. The van der Waals surface area contributed by atoms with Gasteiger partial charge < -0.3 is 44.9 Å². The average Bonchev–Trinajstić information content (AvgIpc) is 3.76. The van der Waals surface area contributed by atoms with Crippen LogP contribution in [0.15, 0.2) is 43.0 Å². The van der Waals surface area contributed by atoms with Gasteiger partial charge in [-0.15, -0.1) is 6.58 Å². The summed E-state index contributed by atoms with van der Waals surface area (Å²) >= 11 is 0. The smallest absolute Gasteiger partial charge is 0.329 e. The van der Waals surface area contributed by atoms with Crippen molar-refractivity contribution >= 4 is 41.5 Å². The normalized spacial score (nSPS) is 18.0. The van der Waals surface area contributed by atoms with Crippen LogP contribution in [0.4, 0.5) is 0 Å². The molecule has 0 aliphatic carbocycles. The Morgan fingerprint density at radius 1 is 0.881 bits per heavy atom. The highest BCUT2D eigenvalue weighted by molar-refractivity contribution is 5.90. The number of ether oxygens (including phenoxy) is 3. The second-order valence-corrected chi connectivity index (χ2v) is 18.6. The van der Waals surface area contributed by atoms with Crippen molar-refractivity contribution in [3.05, 3.63) is 48.6 Å².